The molecule has 1 saturated carbocycles. The molecule has 6 nitrogen and oxygen atoms in total. The van der Waals surface area contributed by atoms with Crippen LogP contribution in [0.1, 0.15) is 38.1 Å². The number of aliphatic hydroxyl groups is 1. The lowest BCUT2D eigenvalue weighted by Crippen LogP contribution is -2.46. The summed E-state index contributed by atoms with van der Waals surface area (Å²) in [6.45, 7) is 2.62. The second-order valence-electron chi connectivity index (χ2n) is 5.03. The standard InChI is InChI=1S/C12H17N5O/c1-9(14-8-12(18)4-2-5-12)10-15-16-11-13-6-3-7-17(10)11/h3,6-7,9,14,18H,2,4-5,8H2,1H3. The zero-order valence-corrected chi connectivity index (χ0v) is 10.4. The van der Waals surface area contributed by atoms with Gasteiger partial charge < -0.3 is 10.4 Å². The first-order valence-electron chi connectivity index (χ1n) is 6.29. The van der Waals surface area contributed by atoms with E-state index in [1.165, 1.54) is 0 Å². The maximum absolute atomic E-state index is 10.1. The molecule has 18 heavy (non-hydrogen) atoms. The molecule has 3 rings (SSSR count). The molecule has 1 fully saturated rings. The molecule has 0 radical (unpaired) electrons. The summed E-state index contributed by atoms with van der Waals surface area (Å²) >= 11 is 0. The Balaban J connectivity index is 1.73. The highest BCUT2D eigenvalue weighted by molar-refractivity contribution is 5.26. The first kappa shape index (κ1) is 11.6. The molecule has 2 aromatic heterocycles. The van der Waals surface area contributed by atoms with E-state index in [1.807, 2.05) is 23.6 Å². The van der Waals surface area contributed by atoms with E-state index in [0.717, 1.165) is 25.1 Å². The zero-order chi connectivity index (χ0) is 12.6. The van der Waals surface area contributed by atoms with Crippen molar-refractivity contribution in [3.8, 4) is 0 Å². The van der Waals surface area contributed by atoms with Gasteiger partial charge in [0.2, 0.25) is 0 Å². The van der Waals surface area contributed by atoms with E-state index in [9.17, 15) is 5.11 Å². The van der Waals surface area contributed by atoms with Gasteiger partial charge in [0, 0.05) is 18.9 Å². The minimum atomic E-state index is -0.521. The molecule has 6 heteroatoms. The molecule has 0 aliphatic heterocycles. The lowest BCUT2D eigenvalue weighted by Gasteiger charge is -2.37. The second kappa shape index (κ2) is 4.29. The van der Waals surface area contributed by atoms with E-state index >= 15 is 0 Å². The third-order valence-corrected chi connectivity index (χ3v) is 3.62. The van der Waals surface area contributed by atoms with Crippen molar-refractivity contribution in [2.24, 2.45) is 0 Å². The van der Waals surface area contributed by atoms with Crippen LogP contribution in [0.15, 0.2) is 18.5 Å². The Labute approximate surface area is 105 Å². The Morgan fingerprint density at radius 3 is 3.06 bits per heavy atom. The third-order valence-electron chi connectivity index (χ3n) is 3.62. The molecule has 2 aromatic rings. The number of fused-ring (bicyclic) bond motifs is 1. The largest absolute Gasteiger partial charge is 0.389 e. The molecule has 2 N–H and O–H groups in total. The van der Waals surface area contributed by atoms with Gasteiger partial charge in [-0.2, -0.15) is 0 Å². The first-order valence-corrected chi connectivity index (χ1v) is 6.29. The highest BCUT2D eigenvalue weighted by Gasteiger charge is 2.34. The van der Waals surface area contributed by atoms with Gasteiger partial charge in [0.1, 0.15) is 0 Å². The second-order valence-corrected chi connectivity index (χ2v) is 5.03. The summed E-state index contributed by atoms with van der Waals surface area (Å²) in [7, 11) is 0. The maximum atomic E-state index is 10.1. The summed E-state index contributed by atoms with van der Waals surface area (Å²) < 4.78 is 1.86. The van der Waals surface area contributed by atoms with Crippen molar-refractivity contribution in [1.29, 1.82) is 0 Å². The van der Waals surface area contributed by atoms with Crippen LogP contribution in [0, 0.1) is 0 Å². The molecule has 0 spiro atoms. The van der Waals surface area contributed by atoms with E-state index in [2.05, 4.69) is 20.5 Å². The predicted octanol–water partition coefficient (Wildman–Crippen LogP) is 0.690. The smallest absolute Gasteiger partial charge is 0.254 e. The van der Waals surface area contributed by atoms with Crippen molar-refractivity contribution in [2.75, 3.05) is 6.54 Å². The Morgan fingerprint density at radius 2 is 2.33 bits per heavy atom. The van der Waals surface area contributed by atoms with Gasteiger partial charge in [0.15, 0.2) is 5.82 Å². The summed E-state index contributed by atoms with van der Waals surface area (Å²) in [5, 5.41) is 21.5. The van der Waals surface area contributed by atoms with Crippen LogP contribution in [-0.2, 0) is 0 Å². The van der Waals surface area contributed by atoms with Crippen LogP contribution in [0.3, 0.4) is 0 Å². The minimum Gasteiger partial charge on any atom is -0.389 e. The van der Waals surface area contributed by atoms with Crippen LogP contribution in [0.25, 0.3) is 5.78 Å². The van der Waals surface area contributed by atoms with E-state index in [1.54, 1.807) is 6.20 Å². The lowest BCUT2D eigenvalue weighted by atomic mass is 9.80. The number of nitrogens with one attached hydrogen (secondary N) is 1. The Hall–Kier alpha value is -1.53. The lowest BCUT2D eigenvalue weighted by molar-refractivity contribution is -0.0331. The fraction of sp³-hybridized carbons (Fsp3) is 0.583. The van der Waals surface area contributed by atoms with Gasteiger partial charge in [-0.3, -0.25) is 4.40 Å². The molecule has 1 aliphatic carbocycles. The Bertz CT molecular complexity index is 548. The molecule has 2 heterocycles. The van der Waals surface area contributed by atoms with Crippen molar-refractivity contribution in [2.45, 2.75) is 37.8 Å². The van der Waals surface area contributed by atoms with Crippen molar-refractivity contribution in [3.63, 3.8) is 0 Å². The van der Waals surface area contributed by atoms with E-state index in [4.69, 9.17) is 0 Å². The number of aromatic nitrogens is 4. The van der Waals surface area contributed by atoms with Crippen molar-refractivity contribution >= 4 is 5.78 Å². The molecule has 1 atom stereocenters. The van der Waals surface area contributed by atoms with E-state index in [0.29, 0.717) is 12.3 Å². The van der Waals surface area contributed by atoms with Crippen molar-refractivity contribution in [3.05, 3.63) is 24.3 Å². The number of rotatable bonds is 4. The summed E-state index contributed by atoms with van der Waals surface area (Å²) in [4.78, 5) is 4.13. The van der Waals surface area contributed by atoms with Gasteiger partial charge in [-0.15, -0.1) is 10.2 Å². The molecular formula is C12H17N5O. The fourth-order valence-corrected chi connectivity index (χ4v) is 2.25. The van der Waals surface area contributed by atoms with Gasteiger partial charge in [0.05, 0.1) is 11.6 Å². The molecule has 0 bridgehead atoms. The van der Waals surface area contributed by atoms with Gasteiger partial charge in [-0.25, -0.2) is 4.98 Å². The minimum absolute atomic E-state index is 0.0359. The molecule has 0 amide bonds. The van der Waals surface area contributed by atoms with Crippen LogP contribution >= 0.6 is 0 Å². The van der Waals surface area contributed by atoms with Gasteiger partial charge in [0.25, 0.3) is 5.78 Å². The summed E-state index contributed by atoms with van der Waals surface area (Å²) in [5.41, 5.74) is -0.521. The maximum Gasteiger partial charge on any atom is 0.254 e. The van der Waals surface area contributed by atoms with Gasteiger partial charge in [-0.05, 0) is 32.3 Å². The molecule has 0 aromatic carbocycles. The van der Waals surface area contributed by atoms with E-state index in [-0.39, 0.29) is 6.04 Å². The monoisotopic (exact) mass is 247 g/mol. The SMILES string of the molecule is CC(NCC1(O)CCC1)c1nnc2ncccn12. The highest BCUT2D eigenvalue weighted by Crippen LogP contribution is 2.31. The summed E-state index contributed by atoms with van der Waals surface area (Å²) in [5.74, 6) is 1.42. The highest BCUT2D eigenvalue weighted by atomic mass is 16.3. The fourth-order valence-electron chi connectivity index (χ4n) is 2.25. The van der Waals surface area contributed by atoms with Gasteiger partial charge in [-0.1, -0.05) is 0 Å². The summed E-state index contributed by atoms with van der Waals surface area (Å²) in [6, 6.07) is 1.89. The third kappa shape index (κ3) is 1.97. The molecule has 1 unspecified atom stereocenters. The van der Waals surface area contributed by atoms with Crippen LogP contribution in [0.5, 0.6) is 0 Å². The Kier molecular flexibility index (Phi) is 2.76. The molecule has 1 aliphatic rings. The van der Waals surface area contributed by atoms with Crippen molar-refractivity contribution in [1.82, 2.24) is 24.9 Å². The molecular weight excluding hydrogens is 230 g/mol. The van der Waals surface area contributed by atoms with Crippen molar-refractivity contribution < 1.29 is 5.11 Å². The normalized spacial score (nSPS) is 19.7. The topological polar surface area (TPSA) is 75.3 Å². The van der Waals surface area contributed by atoms with Crippen LogP contribution in [0.4, 0.5) is 0 Å². The average Bonchev–Trinajstić information content (AvgIpc) is 2.77. The average molecular weight is 247 g/mol. The first-order chi connectivity index (χ1) is 8.68. The van der Waals surface area contributed by atoms with Crippen LogP contribution < -0.4 is 5.32 Å². The number of nitrogens with zero attached hydrogens (tertiary/aromatic N) is 4. The predicted molar refractivity (Wildman–Crippen MR) is 66.0 cm³/mol. The zero-order valence-electron chi connectivity index (χ0n) is 10.4. The Morgan fingerprint density at radius 1 is 1.50 bits per heavy atom. The van der Waals surface area contributed by atoms with Gasteiger partial charge >= 0.3 is 0 Å². The van der Waals surface area contributed by atoms with Crippen LogP contribution in [0.2, 0.25) is 0 Å². The molecule has 0 saturated heterocycles. The van der Waals surface area contributed by atoms with E-state index < -0.39 is 5.60 Å². The quantitative estimate of drug-likeness (QED) is 0.831. The summed E-state index contributed by atoms with van der Waals surface area (Å²) in [6.07, 6.45) is 6.48. The molecule has 96 valence electrons. The number of hydrogen-bond donors (Lipinski definition) is 2. The van der Waals surface area contributed by atoms with Crippen LogP contribution in [-0.4, -0.2) is 36.8 Å². The number of hydrogen-bond acceptors (Lipinski definition) is 5.